The number of hydrogen-bond donors (Lipinski definition) is 1. The number of likely N-dealkylation sites (tertiary alicyclic amines) is 1. The summed E-state index contributed by atoms with van der Waals surface area (Å²) in [5, 5.41) is 3.15. The number of benzene rings is 1. The van der Waals surface area contributed by atoms with Crippen LogP contribution in [0.4, 0.5) is 10.5 Å². The molecule has 2 aliphatic rings. The first-order chi connectivity index (χ1) is 12.5. The highest BCUT2D eigenvalue weighted by molar-refractivity contribution is 5.79. The average molecular weight is 358 g/mol. The molecule has 0 aliphatic carbocycles. The topological polar surface area (TPSA) is 55.9 Å². The lowest BCUT2D eigenvalue weighted by Crippen LogP contribution is -2.46. The highest BCUT2D eigenvalue weighted by Crippen LogP contribution is 2.23. The summed E-state index contributed by atoms with van der Waals surface area (Å²) < 4.78 is 0. The van der Waals surface area contributed by atoms with Gasteiger partial charge in [-0.3, -0.25) is 4.79 Å². The van der Waals surface area contributed by atoms with E-state index in [1.807, 2.05) is 11.0 Å². The third kappa shape index (κ3) is 4.48. The van der Waals surface area contributed by atoms with Crippen molar-refractivity contribution in [3.63, 3.8) is 0 Å². The lowest BCUT2D eigenvalue weighted by atomic mass is 9.95. The number of carbonyl (C=O) groups excluding carboxylic acids is 2. The van der Waals surface area contributed by atoms with E-state index in [-0.39, 0.29) is 17.9 Å². The molecule has 1 atom stereocenters. The van der Waals surface area contributed by atoms with Crippen LogP contribution in [0.3, 0.4) is 0 Å². The van der Waals surface area contributed by atoms with Gasteiger partial charge in [0.25, 0.3) is 0 Å². The number of nitrogens with one attached hydrogen (secondary N) is 1. The largest absolute Gasteiger partial charge is 0.371 e. The second-order valence-electron chi connectivity index (χ2n) is 7.62. The predicted molar refractivity (Wildman–Crippen MR) is 103 cm³/mol. The summed E-state index contributed by atoms with van der Waals surface area (Å²) in [5.74, 6) is 0.697. The molecular weight excluding hydrogens is 328 g/mol. The number of nitrogens with zero attached hydrogens (tertiary/aromatic N) is 3. The monoisotopic (exact) mass is 358 g/mol. The Morgan fingerprint density at radius 2 is 1.77 bits per heavy atom. The van der Waals surface area contributed by atoms with Gasteiger partial charge in [0, 0.05) is 58.4 Å². The summed E-state index contributed by atoms with van der Waals surface area (Å²) in [4.78, 5) is 30.3. The van der Waals surface area contributed by atoms with Gasteiger partial charge in [0.1, 0.15) is 0 Å². The van der Waals surface area contributed by atoms with Gasteiger partial charge >= 0.3 is 6.03 Å². The quantitative estimate of drug-likeness (QED) is 0.896. The van der Waals surface area contributed by atoms with Gasteiger partial charge in [0.15, 0.2) is 0 Å². The van der Waals surface area contributed by atoms with E-state index >= 15 is 0 Å². The van der Waals surface area contributed by atoms with Crippen molar-refractivity contribution in [3.05, 3.63) is 30.3 Å². The highest BCUT2D eigenvalue weighted by atomic mass is 16.2. The first-order valence-corrected chi connectivity index (χ1v) is 9.58. The molecule has 2 fully saturated rings. The molecule has 0 bridgehead atoms. The summed E-state index contributed by atoms with van der Waals surface area (Å²) in [6, 6.07) is 10.5. The van der Waals surface area contributed by atoms with Crippen molar-refractivity contribution in [2.45, 2.75) is 19.3 Å². The molecule has 2 saturated heterocycles. The van der Waals surface area contributed by atoms with Gasteiger partial charge in [-0.1, -0.05) is 18.2 Å². The fourth-order valence-electron chi connectivity index (χ4n) is 3.88. The van der Waals surface area contributed by atoms with E-state index in [0.29, 0.717) is 19.0 Å². The van der Waals surface area contributed by atoms with Crippen LogP contribution in [-0.2, 0) is 4.79 Å². The molecule has 0 radical (unpaired) electrons. The summed E-state index contributed by atoms with van der Waals surface area (Å²) in [6.45, 7) is 4.13. The molecule has 6 heteroatoms. The molecule has 142 valence electrons. The fraction of sp³-hybridized carbons (Fsp3) is 0.600. The van der Waals surface area contributed by atoms with Crippen molar-refractivity contribution >= 4 is 17.6 Å². The fourth-order valence-corrected chi connectivity index (χ4v) is 3.88. The highest BCUT2D eigenvalue weighted by Gasteiger charge is 2.29. The molecule has 6 nitrogen and oxygen atoms in total. The van der Waals surface area contributed by atoms with Gasteiger partial charge in [-0.15, -0.1) is 0 Å². The van der Waals surface area contributed by atoms with E-state index in [4.69, 9.17) is 0 Å². The summed E-state index contributed by atoms with van der Waals surface area (Å²) in [5.41, 5.74) is 1.26. The Balaban J connectivity index is 1.39. The van der Waals surface area contributed by atoms with Crippen LogP contribution in [0.2, 0.25) is 0 Å². The maximum absolute atomic E-state index is 12.5. The van der Waals surface area contributed by atoms with E-state index in [1.54, 1.807) is 19.0 Å². The molecule has 1 aromatic rings. The molecule has 1 N–H and O–H groups in total. The second-order valence-corrected chi connectivity index (χ2v) is 7.62. The summed E-state index contributed by atoms with van der Waals surface area (Å²) in [6.07, 6.45) is 2.63. The average Bonchev–Trinajstić information content (AvgIpc) is 3.15. The van der Waals surface area contributed by atoms with Crippen LogP contribution in [-0.4, -0.2) is 68.6 Å². The van der Waals surface area contributed by atoms with Gasteiger partial charge < -0.3 is 20.0 Å². The Kier molecular flexibility index (Phi) is 6.01. The van der Waals surface area contributed by atoms with Crippen LogP contribution in [0, 0.1) is 11.8 Å². The van der Waals surface area contributed by atoms with Gasteiger partial charge in [-0.2, -0.15) is 0 Å². The SMILES string of the molecule is CN(C)C(=O)N1CCC(C(=O)NCC2CCN(c3ccccc3)C2)CC1. The summed E-state index contributed by atoms with van der Waals surface area (Å²) >= 11 is 0. The normalized spacial score (nSPS) is 20.9. The van der Waals surface area contributed by atoms with Crippen molar-refractivity contribution in [1.29, 1.82) is 0 Å². The number of para-hydroxylation sites is 1. The van der Waals surface area contributed by atoms with Gasteiger partial charge in [0.2, 0.25) is 5.91 Å². The van der Waals surface area contributed by atoms with Crippen LogP contribution < -0.4 is 10.2 Å². The van der Waals surface area contributed by atoms with E-state index < -0.39 is 0 Å². The van der Waals surface area contributed by atoms with Crippen molar-refractivity contribution in [2.24, 2.45) is 11.8 Å². The maximum atomic E-state index is 12.5. The van der Waals surface area contributed by atoms with E-state index in [1.165, 1.54) is 5.69 Å². The smallest absolute Gasteiger partial charge is 0.319 e. The van der Waals surface area contributed by atoms with Crippen LogP contribution in [0.1, 0.15) is 19.3 Å². The molecule has 0 saturated carbocycles. The number of anilines is 1. The summed E-state index contributed by atoms with van der Waals surface area (Å²) in [7, 11) is 3.53. The van der Waals surface area contributed by atoms with Crippen LogP contribution in [0.25, 0.3) is 0 Å². The van der Waals surface area contributed by atoms with Crippen molar-refractivity contribution in [2.75, 3.05) is 51.7 Å². The zero-order valence-corrected chi connectivity index (χ0v) is 15.9. The lowest BCUT2D eigenvalue weighted by Gasteiger charge is -2.33. The van der Waals surface area contributed by atoms with E-state index in [0.717, 1.165) is 38.9 Å². The molecule has 0 spiro atoms. The van der Waals surface area contributed by atoms with Gasteiger partial charge in [-0.25, -0.2) is 4.79 Å². The Bertz CT molecular complexity index is 611. The van der Waals surface area contributed by atoms with Crippen molar-refractivity contribution < 1.29 is 9.59 Å². The standard InChI is InChI=1S/C20H30N4O2/c1-22(2)20(26)23-12-9-17(10-13-23)19(25)21-14-16-8-11-24(15-16)18-6-4-3-5-7-18/h3-7,16-17H,8-15H2,1-2H3,(H,21,25). The Morgan fingerprint density at radius 1 is 1.08 bits per heavy atom. The third-order valence-electron chi connectivity index (χ3n) is 5.49. The van der Waals surface area contributed by atoms with Crippen molar-refractivity contribution in [1.82, 2.24) is 15.1 Å². The number of carbonyl (C=O) groups is 2. The van der Waals surface area contributed by atoms with Crippen LogP contribution >= 0.6 is 0 Å². The minimum Gasteiger partial charge on any atom is -0.371 e. The van der Waals surface area contributed by atoms with Crippen LogP contribution in [0.15, 0.2) is 30.3 Å². The van der Waals surface area contributed by atoms with E-state index in [2.05, 4.69) is 34.5 Å². The first-order valence-electron chi connectivity index (χ1n) is 9.58. The molecular formula is C20H30N4O2. The number of rotatable bonds is 4. The zero-order chi connectivity index (χ0) is 18.5. The van der Waals surface area contributed by atoms with Crippen LogP contribution in [0.5, 0.6) is 0 Å². The Labute approximate surface area is 156 Å². The number of piperidine rings is 1. The lowest BCUT2D eigenvalue weighted by molar-refractivity contribution is -0.126. The second kappa shape index (κ2) is 8.43. The zero-order valence-electron chi connectivity index (χ0n) is 15.9. The molecule has 26 heavy (non-hydrogen) atoms. The molecule has 1 unspecified atom stereocenters. The Morgan fingerprint density at radius 3 is 2.42 bits per heavy atom. The third-order valence-corrected chi connectivity index (χ3v) is 5.49. The maximum Gasteiger partial charge on any atom is 0.319 e. The first kappa shape index (κ1) is 18.5. The molecule has 3 amide bonds. The predicted octanol–water partition coefficient (Wildman–Crippen LogP) is 2.02. The number of urea groups is 1. The number of hydrogen-bond acceptors (Lipinski definition) is 3. The van der Waals surface area contributed by atoms with Gasteiger partial charge in [0.05, 0.1) is 0 Å². The van der Waals surface area contributed by atoms with E-state index in [9.17, 15) is 9.59 Å². The number of amides is 3. The molecule has 1 aromatic carbocycles. The molecule has 0 aromatic heterocycles. The molecule has 2 heterocycles. The molecule has 2 aliphatic heterocycles. The minimum atomic E-state index is 0.0350. The van der Waals surface area contributed by atoms with Gasteiger partial charge in [-0.05, 0) is 37.3 Å². The minimum absolute atomic E-state index is 0.0350. The van der Waals surface area contributed by atoms with Crippen molar-refractivity contribution in [3.8, 4) is 0 Å². The molecule has 3 rings (SSSR count). The Hall–Kier alpha value is -2.24.